The van der Waals surface area contributed by atoms with Gasteiger partial charge in [0, 0.05) is 5.02 Å². The highest BCUT2D eigenvalue weighted by molar-refractivity contribution is 6.30. The van der Waals surface area contributed by atoms with Crippen molar-refractivity contribution in [3.63, 3.8) is 0 Å². The Morgan fingerprint density at radius 3 is 2.50 bits per heavy atom. The zero-order valence-corrected chi connectivity index (χ0v) is 8.27. The summed E-state index contributed by atoms with van der Waals surface area (Å²) in [5.41, 5.74) is 0.708. The number of halogens is 1. The summed E-state index contributed by atoms with van der Waals surface area (Å²) < 4.78 is 2.78. The van der Waals surface area contributed by atoms with Crippen molar-refractivity contribution < 1.29 is 9.79 Å². The molecule has 0 radical (unpaired) electrons. The van der Waals surface area contributed by atoms with Crippen LogP contribution in [0.4, 0.5) is 0 Å². The van der Waals surface area contributed by atoms with E-state index in [2.05, 4.69) is 5.21 Å². The molecular weight excluding hydrogens is 202 g/mol. The van der Waals surface area contributed by atoms with Gasteiger partial charge in [0.15, 0.2) is 5.69 Å². The molecular formula is C9H8ClN3O. The van der Waals surface area contributed by atoms with Crippen molar-refractivity contribution in [2.75, 3.05) is 0 Å². The van der Waals surface area contributed by atoms with Crippen molar-refractivity contribution in [1.82, 2.24) is 9.90 Å². The first-order valence-electron chi connectivity index (χ1n) is 4.06. The van der Waals surface area contributed by atoms with Crippen LogP contribution in [0.25, 0.3) is 5.69 Å². The Morgan fingerprint density at radius 1 is 1.36 bits per heavy atom. The van der Waals surface area contributed by atoms with Crippen LogP contribution < -0.4 is 9.79 Å². The fourth-order valence-corrected chi connectivity index (χ4v) is 1.31. The van der Waals surface area contributed by atoms with E-state index < -0.39 is 0 Å². The Morgan fingerprint density at radius 2 is 2.00 bits per heavy atom. The van der Waals surface area contributed by atoms with Crippen LogP contribution in [0.5, 0.6) is 5.88 Å². The molecule has 0 atom stereocenters. The van der Waals surface area contributed by atoms with E-state index in [9.17, 15) is 5.11 Å². The lowest BCUT2D eigenvalue weighted by Crippen LogP contribution is -2.30. The van der Waals surface area contributed by atoms with Crippen LogP contribution >= 0.6 is 11.6 Å². The molecule has 0 aliphatic heterocycles. The summed E-state index contributed by atoms with van der Waals surface area (Å²) in [7, 11) is 1.70. The molecule has 0 spiro atoms. The summed E-state index contributed by atoms with van der Waals surface area (Å²) in [4.78, 5) is 0. The normalized spacial score (nSPS) is 10.4. The maximum atomic E-state index is 11.4. The van der Waals surface area contributed by atoms with Crippen LogP contribution in [0.3, 0.4) is 0 Å². The number of benzene rings is 1. The molecule has 5 heteroatoms. The summed E-state index contributed by atoms with van der Waals surface area (Å²) in [5.74, 6) is -0.158. The zero-order valence-electron chi connectivity index (χ0n) is 7.51. The van der Waals surface area contributed by atoms with E-state index in [0.717, 1.165) is 0 Å². The summed E-state index contributed by atoms with van der Waals surface area (Å²) in [6.07, 6.45) is 1.41. The van der Waals surface area contributed by atoms with Gasteiger partial charge in [-0.25, -0.2) is 0 Å². The Labute approximate surface area is 86.0 Å². The zero-order chi connectivity index (χ0) is 10.1. The molecule has 0 saturated heterocycles. The molecule has 0 aliphatic carbocycles. The molecule has 72 valence electrons. The highest BCUT2D eigenvalue weighted by atomic mass is 35.5. The van der Waals surface area contributed by atoms with Crippen molar-refractivity contribution in [3.05, 3.63) is 35.5 Å². The second-order valence-corrected chi connectivity index (χ2v) is 3.36. The third-order valence-electron chi connectivity index (χ3n) is 1.81. The Kier molecular flexibility index (Phi) is 2.13. The number of hydrogen-bond donors (Lipinski definition) is 0. The lowest BCUT2D eigenvalue weighted by atomic mass is 10.3. The smallest absolute Gasteiger partial charge is 0.155 e. The fourth-order valence-electron chi connectivity index (χ4n) is 1.19. The summed E-state index contributed by atoms with van der Waals surface area (Å²) in [6.45, 7) is 0. The van der Waals surface area contributed by atoms with Crippen LogP contribution in [0.15, 0.2) is 30.5 Å². The molecule has 4 nitrogen and oxygen atoms in total. The number of nitrogens with zero attached hydrogens (tertiary/aromatic N) is 3. The van der Waals surface area contributed by atoms with Gasteiger partial charge in [0.2, 0.25) is 0 Å². The van der Waals surface area contributed by atoms with Crippen LogP contribution in [-0.4, -0.2) is 9.90 Å². The maximum absolute atomic E-state index is 11.4. The van der Waals surface area contributed by atoms with E-state index in [1.54, 1.807) is 31.3 Å². The molecule has 0 amide bonds. The van der Waals surface area contributed by atoms with Gasteiger partial charge in [0.05, 0.1) is 5.21 Å². The average molecular weight is 210 g/mol. The highest BCUT2D eigenvalue weighted by Gasteiger charge is 2.08. The first-order chi connectivity index (χ1) is 6.66. The minimum atomic E-state index is -0.158. The van der Waals surface area contributed by atoms with E-state index in [0.29, 0.717) is 10.7 Å². The molecule has 1 aromatic heterocycles. The lowest BCUT2D eigenvalue weighted by molar-refractivity contribution is -0.732. The van der Waals surface area contributed by atoms with Gasteiger partial charge in [-0.3, -0.25) is 0 Å². The van der Waals surface area contributed by atoms with Gasteiger partial charge >= 0.3 is 0 Å². The van der Waals surface area contributed by atoms with Crippen molar-refractivity contribution >= 4 is 11.6 Å². The number of hydrogen-bond acceptors (Lipinski definition) is 2. The van der Waals surface area contributed by atoms with Crippen LogP contribution in [0.1, 0.15) is 0 Å². The highest BCUT2D eigenvalue weighted by Crippen LogP contribution is 2.14. The topological polar surface area (TPSA) is 44.8 Å². The number of rotatable bonds is 1. The molecule has 2 rings (SSSR count). The molecule has 2 aromatic rings. The molecule has 0 saturated carbocycles. The average Bonchev–Trinajstić information content (AvgIpc) is 2.47. The SMILES string of the molecule is C[n+]1cc([O-])n(-c2ccc(Cl)cc2)n1. The van der Waals surface area contributed by atoms with Crippen LogP contribution in [0, 0.1) is 0 Å². The molecule has 0 bridgehead atoms. The Hall–Kier alpha value is -1.55. The van der Waals surface area contributed by atoms with Crippen LogP contribution in [0.2, 0.25) is 5.02 Å². The molecule has 0 fully saturated rings. The van der Waals surface area contributed by atoms with E-state index in [4.69, 9.17) is 11.6 Å². The van der Waals surface area contributed by atoms with Gasteiger partial charge in [0.1, 0.15) is 19.1 Å². The summed E-state index contributed by atoms with van der Waals surface area (Å²) in [5, 5.41) is 16.0. The quantitative estimate of drug-likeness (QED) is 0.640. The second kappa shape index (κ2) is 3.31. The van der Waals surface area contributed by atoms with Gasteiger partial charge in [-0.15, -0.1) is 9.36 Å². The number of aryl methyl sites for hydroxylation is 1. The Bertz CT molecular complexity index is 450. The molecule has 0 N–H and O–H groups in total. The van der Waals surface area contributed by atoms with Crippen molar-refractivity contribution in [2.45, 2.75) is 0 Å². The standard InChI is InChI=1S/C9H8ClN3O/c1-12-6-9(14)13(11-12)8-4-2-7(10)3-5-8/h2-6H,1H3. The first-order valence-corrected chi connectivity index (χ1v) is 4.43. The largest absolute Gasteiger partial charge is 0.838 e. The third kappa shape index (κ3) is 1.56. The van der Waals surface area contributed by atoms with Crippen molar-refractivity contribution in [3.8, 4) is 11.6 Å². The molecule has 14 heavy (non-hydrogen) atoms. The minimum Gasteiger partial charge on any atom is -0.838 e. The predicted molar refractivity (Wildman–Crippen MR) is 49.2 cm³/mol. The van der Waals surface area contributed by atoms with Gasteiger partial charge < -0.3 is 5.11 Å². The second-order valence-electron chi connectivity index (χ2n) is 2.92. The van der Waals surface area contributed by atoms with E-state index in [1.807, 2.05) is 0 Å². The van der Waals surface area contributed by atoms with E-state index in [1.165, 1.54) is 15.6 Å². The van der Waals surface area contributed by atoms with Gasteiger partial charge in [-0.2, -0.15) is 0 Å². The monoisotopic (exact) mass is 209 g/mol. The lowest BCUT2D eigenvalue weighted by Gasteiger charge is -1.99. The van der Waals surface area contributed by atoms with Crippen molar-refractivity contribution in [1.29, 1.82) is 0 Å². The van der Waals surface area contributed by atoms with Crippen LogP contribution in [-0.2, 0) is 7.05 Å². The molecule has 0 unspecified atom stereocenters. The first kappa shape index (κ1) is 9.02. The van der Waals surface area contributed by atoms with Gasteiger partial charge in [-0.1, -0.05) is 11.6 Å². The third-order valence-corrected chi connectivity index (χ3v) is 2.06. The maximum Gasteiger partial charge on any atom is 0.155 e. The predicted octanol–water partition coefficient (Wildman–Crippen LogP) is 0.424. The van der Waals surface area contributed by atoms with Crippen molar-refractivity contribution in [2.24, 2.45) is 7.05 Å². The molecule has 0 aliphatic rings. The summed E-state index contributed by atoms with van der Waals surface area (Å²) in [6, 6.07) is 6.93. The number of aromatic nitrogens is 3. The molecule has 1 heterocycles. The minimum absolute atomic E-state index is 0.158. The van der Waals surface area contributed by atoms with Gasteiger partial charge in [-0.05, 0) is 24.3 Å². The fraction of sp³-hybridized carbons (Fsp3) is 0.111. The van der Waals surface area contributed by atoms with E-state index in [-0.39, 0.29) is 5.88 Å². The molecule has 1 aromatic carbocycles. The summed E-state index contributed by atoms with van der Waals surface area (Å²) >= 11 is 5.73. The Balaban J connectivity index is 2.49. The van der Waals surface area contributed by atoms with Gasteiger partial charge in [0.25, 0.3) is 0 Å². The van der Waals surface area contributed by atoms with E-state index >= 15 is 0 Å².